The van der Waals surface area contributed by atoms with Crippen molar-refractivity contribution in [1.29, 1.82) is 0 Å². The van der Waals surface area contributed by atoms with Gasteiger partial charge in [-0.2, -0.15) is 0 Å². The van der Waals surface area contributed by atoms with Crippen LogP contribution < -0.4 is 0 Å². The zero-order valence-electron chi connectivity index (χ0n) is 16.7. The smallest absolute Gasteiger partial charge is 0.310 e. The first-order chi connectivity index (χ1) is 14.0. The van der Waals surface area contributed by atoms with E-state index in [9.17, 15) is 9.00 Å². The predicted molar refractivity (Wildman–Crippen MR) is 124 cm³/mol. The van der Waals surface area contributed by atoms with E-state index >= 15 is 0 Å². The molecule has 0 heterocycles. The Balaban J connectivity index is 1.86. The lowest BCUT2D eigenvalue weighted by Crippen LogP contribution is -2.07. The van der Waals surface area contributed by atoms with Crippen LogP contribution in [0.2, 0.25) is 0 Å². The average molecular weight is 473 g/mol. The van der Waals surface area contributed by atoms with Gasteiger partial charge in [-0.05, 0) is 71.4 Å². The zero-order chi connectivity index (χ0) is 20.8. The number of fused-ring (bicyclic) bond motifs is 1. The molecule has 0 spiro atoms. The summed E-state index contributed by atoms with van der Waals surface area (Å²) >= 11 is 3.39. The highest BCUT2D eigenvalue weighted by atomic mass is 79.9. The standard InChI is InChI=1S/C24H25BrO3S/c1-17-22(15-18-9-11-19(12-10-18)29(2)27)20-7-3-4-8-21(20)23(17)16-24(26)28-14-6-5-13-25/h3-4,7-12,15H,5-6,13-14,16H2,1-2H3. The van der Waals surface area contributed by atoms with Crippen LogP contribution in [0.5, 0.6) is 0 Å². The summed E-state index contributed by atoms with van der Waals surface area (Å²) in [6.07, 6.45) is 5.95. The molecule has 0 N–H and O–H groups in total. The second-order valence-electron chi connectivity index (χ2n) is 7.02. The minimum Gasteiger partial charge on any atom is -0.465 e. The molecule has 0 aliphatic heterocycles. The van der Waals surface area contributed by atoms with Gasteiger partial charge in [0.1, 0.15) is 0 Å². The second kappa shape index (κ2) is 10.2. The molecule has 0 radical (unpaired) electrons. The molecule has 2 aromatic rings. The first-order valence-corrected chi connectivity index (χ1v) is 12.4. The molecule has 3 rings (SSSR count). The van der Waals surface area contributed by atoms with Crippen LogP contribution in [0.15, 0.2) is 59.0 Å². The summed E-state index contributed by atoms with van der Waals surface area (Å²) in [4.78, 5) is 13.2. The Bertz CT molecular complexity index is 974. The average Bonchev–Trinajstić information content (AvgIpc) is 2.97. The van der Waals surface area contributed by atoms with Crippen LogP contribution in [-0.4, -0.2) is 28.4 Å². The molecule has 1 unspecified atom stereocenters. The molecular formula is C24H25BrO3S. The van der Waals surface area contributed by atoms with Crippen LogP contribution in [0.3, 0.4) is 0 Å². The van der Waals surface area contributed by atoms with E-state index in [0.29, 0.717) is 6.61 Å². The van der Waals surface area contributed by atoms with Crippen LogP contribution in [0.25, 0.3) is 17.2 Å². The molecule has 0 fully saturated rings. The molecule has 0 bridgehead atoms. The van der Waals surface area contributed by atoms with E-state index in [4.69, 9.17) is 4.74 Å². The normalized spacial score (nSPS) is 15.5. The number of benzene rings is 2. The summed E-state index contributed by atoms with van der Waals surface area (Å²) in [5.74, 6) is -0.181. The van der Waals surface area contributed by atoms with E-state index in [2.05, 4.69) is 41.1 Å². The van der Waals surface area contributed by atoms with Crippen LogP contribution >= 0.6 is 15.9 Å². The van der Waals surface area contributed by atoms with Crippen molar-refractivity contribution in [3.05, 3.63) is 70.8 Å². The van der Waals surface area contributed by atoms with E-state index < -0.39 is 10.8 Å². The number of carbonyl (C=O) groups is 1. The molecule has 0 saturated carbocycles. The van der Waals surface area contributed by atoms with E-state index in [0.717, 1.165) is 56.5 Å². The van der Waals surface area contributed by atoms with Gasteiger partial charge in [-0.25, -0.2) is 0 Å². The van der Waals surface area contributed by atoms with Gasteiger partial charge in [0.25, 0.3) is 0 Å². The van der Waals surface area contributed by atoms with E-state index in [1.165, 1.54) is 0 Å². The zero-order valence-corrected chi connectivity index (χ0v) is 19.1. The van der Waals surface area contributed by atoms with Crippen molar-refractivity contribution < 1.29 is 13.7 Å². The number of allylic oxidation sites excluding steroid dienone is 2. The number of hydrogen-bond acceptors (Lipinski definition) is 3. The van der Waals surface area contributed by atoms with Gasteiger partial charge in [0, 0.05) is 27.3 Å². The molecule has 29 heavy (non-hydrogen) atoms. The van der Waals surface area contributed by atoms with E-state index in [-0.39, 0.29) is 12.4 Å². The fourth-order valence-electron chi connectivity index (χ4n) is 3.46. The molecule has 2 aromatic carbocycles. The molecule has 1 aliphatic carbocycles. The number of esters is 1. The Labute approximate surface area is 183 Å². The van der Waals surface area contributed by atoms with Gasteiger partial charge in [-0.1, -0.05) is 52.3 Å². The minimum atomic E-state index is -0.985. The Kier molecular flexibility index (Phi) is 7.62. The third-order valence-corrected chi connectivity index (χ3v) is 6.53. The molecule has 152 valence electrons. The van der Waals surface area contributed by atoms with Gasteiger partial charge in [0.15, 0.2) is 0 Å². The highest BCUT2D eigenvalue weighted by molar-refractivity contribution is 9.09. The van der Waals surface area contributed by atoms with Crippen molar-refractivity contribution in [3.63, 3.8) is 0 Å². The molecule has 5 heteroatoms. The summed E-state index contributed by atoms with van der Waals surface area (Å²) in [5.41, 5.74) is 6.53. The highest BCUT2D eigenvalue weighted by Crippen LogP contribution is 2.43. The summed E-state index contributed by atoms with van der Waals surface area (Å²) in [6.45, 7) is 2.53. The Hall–Kier alpha value is -1.98. The first-order valence-electron chi connectivity index (χ1n) is 9.68. The lowest BCUT2D eigenvalue weighted by Gasteiger charge is -2.07. The predicted octanol–water partition coefficient (Wildman–Crippen LogP) is 5.86. The summed E-state index contributed by atoms with van der Waals surface area (Å²) in [7, 11) is -0.985. The highest BCUT2D eigenvalue weighted by Gasteiger charge is 2.25. The summed E-state index contributed by atoms with van der Waals surface area (Å²) in [6, 6.07) is 15.9. The maximum Gasteiger partial charge on any atom is 0.310 e. The van der Waals surface area contributed by atoms with Crippen LogP contribution in [0.4, 0.5) is 0 Å². The summed E-state index contributed by atoms with van der Waals surface area (Å²) in [5, 5.41) is 0.922. The summed E-state index contributed by atoms with van der Waals surface area (Å²) < 4.78 is 17.0. The lowest BCUT2D eigenvalue weighted by atomic mass is 10.0. The number of halogens is 1. The molecule has 1 aliphatic rings. The van der Waals surface area contributed by atoms with Crippen molar-refractivity contribution in [1.82, 2.24) is 0 Å². The largest absolute Gasteiger partial charge is 0.465 e. The number of rotatable bonds is 8. The van der Waals surface area contributed by atoms with Gasteiger partial charge in [-0.3, -0.25) is 9.00 Å². The van der Waals surface area contributed by atoms with Gasteiger partial charge >= 0.3 is 5.97 Å². The molecular weight excluding hydrogens is 448 g/mol. The number of carbonyl (C=O) groups excluding carboxylic acids is 1. The Morgan fingerprint density at radius 2 is 1.76 bits per heavy atom. The molecule has 0 saturated heterocycles. The maximum absolute atomic E-state index is 12.4. The number of unbranched alkanes of at least 4 members (excludes halogenated alkanes) is 1. The van der Waals surface area contributed by atoms with Gasteiger partial charge < -0.3 is 4.74 Å². The van der Waals surface area contributed by atoms with E-state index in [1.807, 2.05) is 36.4 Å². The van der Waals surface area contributed by atoms with Crippen molar-refractivity contribution in [2.75, 3.05) is 18.2 Å². The number of alkyl halides is 1. The third kappa shape index (κ3) is 5.34. The SMILES string of the molecule is CC1=C(CC(=O)OCCCCBr)c2ccccc2C1=Cc1ccc(S(C)=O)cc1. The Morgan fingerprint density at radius 1 is 1.07 bits per heavy atom. The minimum absolute atomic E-state index is 0.181. The fraction of sp³-hybridized carbons (Fsp3) is 0.292. The molecule has 0 amide bonds. The van der Waals surface area contributed by atoms with Crippen molar-refractivity contribution in [2.24, 2.45) is 0 Å². The molecule has 0 aromatic heterocycles. The van der Waals surface area contributed by atoms with Crippen LogP contribution in [-0.2, 0) is 20.3 Å². The lowest BCUT2D eigenvalue weighted by molar-refractivity contribution is -0.142. The van der Waals surface area contributed by atoms with Gasteiger partial charge in [0.05, 0.1) is 13.0 Å². The van der Waals surface area contributed by atoms with Crippen LogP contribution in [0, 0.1) is 0 Å². The Morgan fingerprint density at radius 3 is 2.41 bits per heavy atom. The van der Waals surface area contributed by atoms with E-state index in [1.54, 1.807) is 6.26 Å². The van der Waals surface area contributed by atoms with Gasteiger partial charge in [0.2, 0.25) is 0 Å². The number of ether oxygens (including phenoxy) is 1. The molecule has 3 nitrogen and oxygen atoms in total. The third-order valence-electron chi connectivity index (χ3n) is 5.03. The first kappa shape index (κ1) is 21.7. The topological polar surface area (TPSA) is 43.4 Å². The van der Waals surface area contributed by atoms with Gasteiger partial charge in [-0.15, -0.1) is 0 Å². The monoisotopic (exact) mass is 472 g/mol. The number of hydrogen-bond donors (Lipinski definition) is 0. The van der Waals surface area contributed by atoms with Crippen molar-refractivity contribution >= 4 is 49.9 Å². The van der Waals surface area contributed by atoms with Crippen molar-refractivity contribution in [2.45, 2.75) is 31.1 Å². The van der Waals surface area contributed by atoms with Crippen molar-refractivity contribution in [3.8, 4) is 0 Å². The van der Waals surface area contributed by atoms with Crippen LogP contribution in [0.1, 0.15) is 42.9 Å². The fourth-order valence-corrected chi connectivity index (χ4v) is 4.38. The second-order valence-corrected chi connectivity index (χ2v) is 9.20. The maximum atomic E-state index is 12.4. The molecule has 1 atom stereocenters. The quantitative estimate of drug-likeness (QED) is 0.274.